The zero-order valence-electron chi connectivity index (χ0n) is 11.0. The van der Waals surface area contributed by atoms with E-state index in [2.05, 4.69) is 31.0 Å². The quantitative estimate of drug-likeness (QED) is 0.737. The van der Waals surface area contributed by atoms with Crippen molar-refractivity contribution in [3.63, 3.8) is 0 Å². The van der Waals surface area contributed by atoms with Crippen molar-refractivity contribution >= 4 is 15.9 Å². The van der Waals surface area contributed by atoms with Crippen molar-refractivity contribution in [3.05, 3.63) is 34.5 Å². The van der Waals surface area contributed by atoms with Gasteiger partial charge in [0.15, 0.2) is 11.5 Å². The molecule has 0 bridgehead atoms. The van der Waals surface area contributed by atoms with Gasteiger partial charge in [-0.2, -0.15) is 18.3 Å². The van der Waals surface area contributed by atoms with Gasteiger partial charge in [0.05, 0.1) is 0 Å². The summed E-state index contributed by atoms with van der Waals surface area (Å²) in [5, 5.41) is 3.50. The molecule has 2 aromatic rings. The highest BCUT2D eigenvalue weighted by molar-refractivity contribution is 9.10. The number of hydrogen-bond acceptors (Lipinski definition) is 3. The molecule has 20 heavy (non-hydrogen) atoms. The molecule has 0 fully saturated rings. The molecule has 0 amide bonds. The molecule has 0 atom stereocenters. The van der Waals surface area contributed by atoms with Crippen LogP contribution in [0.2, 0.25) is 0 Å². The molecule has 0 aliphatic carbocycles. The van der Waals surface area contributed by atoms with Gasteiger partial charge < -0.3 is 0 Å². The maximum absolute atomic E-state index is 12.5. The van der Waals surface area contributed by atoms with Crippen molar-refractivity contribution in [1.29, 1.82) is 0 Å². The molecule has 0 aliphatic heterocycles. The molecule has 2 rings (SSSR count). The normalized spacial score (nSPS) is 12.8. The van der Waals surface area contributed by atoms with Crippen molar-refractivity contribution in [3.8, 4) is 5.82 Å². The van der Waals surface area contributed by atoms with Crippen molar-refractivity contribution in [2.45, 2.75) is 32.4 Å². The van der Waals surface area contributed by atoms with E-state index in [1.807, 2.05) is 20.8 Å². The predicted octanol–water partition coefficient (Wildman–Crippen LogP) is 3.74. The molecule has 0 saturated carbocycles. The third-order valence-corrected chi connectivity index (χ3v) is 2.87. The minimum atomic E-state index is -4.47. The van der Waals surface area contributed by atoms with Crippen LogP contribution in [0.25, 0.3) is 5.82 Å². The van der Waals surface area contributed by atoms with Gasteiger partial charge in [-0.25, -0.2) is 14.6 Å². The number of rotatable bonds is 1. The molecular weight excluding hydrogens is 337 g/mol. The largest absolute Gasteiger partial charge is 0.435 e. The SMILES string of the molecule is CC(C)(C)c1nc(Br)cc(-n2ccc(C(F)(F)F)n2)n1. The molecule has 0 spiro atoms. The maximum Gasteiger partial charge on any atom is 0.435 e. The van der Waals surface area contributed by atoms with Crippen LogP contribution in [0, 0.1) is 0 Å². The molecule has 108 valence electrons. The molecule has 0 saturated heterocycles. The Morgan fingerprint density at radius 2 is 1.80 bits per heavy atom. The van der Waals surface area contributed by atoms with Gasteiger partial charge >= 0.3 is 6.18 Å². The Morgan fingerprint density at radius 1 is 1.15 bits per heavy atom. The smallest absolute Gasteiger partial charge is 0.225 e. The standard InChI is InChI=1S/C12H12BrF3N4/c1-11(2,3)10-17-8(13)6-9(18-10)20-5-4-7(19-20)12(14,15)16/h4-6H,1-3H3. The van der Waals surface area contributed by atoms with Crippen LogP contribution in [0.4, 0.5) is 13.2 Å². The van der Waals surface area contributed by atoms with Gasteiger partial charge in [-0.15, -0.1) is 0 Å². The highest BCUT2D eigenvalue weighted by Crippen LogP contribution is 2.28. The Kier molecular flexibility index (Phi) is 3.62. The Morgan fingerprint density at radius 3 is 2.30 bits per heavy atom. The van der Waals surface area contributed by atoms with Crippen molar-refractivity contribution in [1.82, 2.24) is 19.7 Å². The summed E-state index contributed by atoms with van der Waals surface area (Å²) in [7, 11) is 0. The summed E-state index contributed by atoms with van der Waals surface area (Å²) in [5.41, 5.74) is -1.28. The van der Waals surface area contributed by atoms with Crippen LogP contribution in [0.5, 0.6) is 0 Å². The van der Waals surface area contributed by atoms with Gasteiger partial charge in [-0.3, -0.25) is 0 Å². The summed E-state index contributed by atoms with van der Waals surface area (Å²) in [6.45, 7) is 5.76. The number of aromatic nitrogens is 4. The van der Waals surface area contributed by atoms with E-state index in [-0.39, 0.29) is 11.2 Å². The number of alkyl halides is 3. The first-order chi connectivity index (χ1) is 9.07. The lowest BCUT2D eigenvalue weighted by molar-refractivity contribution is -0.141. The lowest BCUT2D eigenvalue weighted by Gasteiger charge is -2.17. The summed E-state index contributed by atoms with van der Waals surface area (Å²) in [5.74, 6) is 0.804. The van der Waals surface area contributed by atoms with Gasteiger partial charge in [-0.1, -0.05) is 20.8 Å². The number of hydrogen-bond donors (Lipinski definition) is 0. The first-order valence-electron chi connectivity index (χ1n) is 5.76. The minimum absolute atomic E-state index is 0.285. The second-order valence-corrected chi connectivity index (χ2v) is 6.08. The Balaban J connectivity index is 2.48. The zero-order valence-corrected chi connectivity index (χ0v) is 12.6. The summed E-state index contributed by atoms with van der Waals surface area (Å²) < 4.78 is 39.2. The first kappa shape index (κ1) is 15.0. The molecule has 2 aromatic heterocycles. The van der Waals surface area contributed by atoms with Crippen LogP contribution in [0.3, 0.4) is 0 Å². The molecule has 8 heteroatoms. The van der Waals surface area contributed by atoms with Crippen molar-refractivity contribution in [2.24, 2.45) is 0 Å². The van der Waals surface area contributed by atoms with Crippen LogP contribution >= 0.6 is 15.9 Å². The van der Waals surface area contributed by atoms with Gasteiger partial charge in [0.1, 0.15) is 10.4 Å². The van der Waals surface area contributed by atoms with Crippen LogP contribution in [-0.2, 0) is 11.6 Å². The molecule has 0 N–H and O–H groups in total. The molecule has 2 heterocycles. The number of halogens is 4. The van der Waals surface area contributed by atoms with E-state index in [0.29, 0.717) is 10.4 Å². The van der Waals surface area contributed by atoms with E-state index in [1.54, 1.807) is 0 Å². The predicted molar refractivity (Wildman–Crippen MR) is 70.6 cm³/mol. The molecule has 0 radical (unpaired) electrons. The summed E-state index contributed by atoms with van der Waals surface area (Å²) in [6.07, 6.45) is -3.24. The Labute approximate surface area is 122 Å². The third-order valence-electron chi connectivity index (χ3n) is 2.47. The minimum Gasteiger partial charge on any atom is -0.225 e. The number of nitrogens with zero attached hydrogens (tertiary/aromatic N) is 4. The van der Waals surface area contributed by atoms with Crippen LogP contribution in [0.15, 0.2) is 22.9 Å². The van der Waals surface area contributed by atoms with Gasteiger partial charge in [0.25, 0.3) is 0 Å². The van der Waals surface area contributed by atoms with E-state index in [1.165, 1.54) is 12.3 Å². The summed E-state index contributed by atoms with van der Waals surface area (Å²) in [4.78, 5) is 8.49. The highest BCUT2D eigenvalue weighted by atomic mass is 79.9. The molecule has 4 nitrogen and oxygen atoms in total. The van der Waals surface area contributed by atoms with Crippen molar-refractivity contribution < 1.29 is 13.2 Å². The topological polar surface area (TPSA) is 43.6 Å². The Bertz CT molecular complexity index is 628. The summed E-state index contributed by atoms with van der Waals surface area (Å²) in [6, 6.07) is 2.43. The van der Waals surface area contributed by atoms with Gasteiger partial charge in [0, 0.05) is 17.7 Å². The second kappa shape index (κ2) is 4.83. The summed E-state index contributed by atoms with van der Waals surface area (Å²) >= 11 is 3.23. The molecule has 0 unspecified atom stereocenters. The maximum atomic E-state index is 12.5. The second-order valence-electron chi connectivity index (χ2n) is 5.27. The lowest BCUT2D eigenvalue weighted by atomic mass is 9.96. The highest BCUT2D eigenvalue weighted by Gasteiger charge is 2.33. The fraction of sp³-hybridized carbons (Fsp3) is 0.417. The Hall–Kier alpha value is -1.44. The van der Waals surface area contributed by atoms with Crippen LogP contribution in [0.1, 0.15) is 32.3 Å². The third kappa shape index (κ3) is 3.17. The van der Waals surface area contributed by atoms with Crippen molar-refractivity contribution in [2.75, 3.05) is 0 Å². The lowest BCUT2D eigenvalue weighted by Crippen LogP contribution is -2.18. The first-order valence-corrected chi connectivity index (χ1v) is 6.55. The van der Waals surface area contributed by atoms with E-state index in [4.69, 9.17) is 0 Å². The van der Waals surface area contributed by atoms with Gasteiger partial charge in [-0.05, 0) is 22.0 Å². The van der Waals surface area contributed by atoms with Crippen LogP contribution in [-0.4, -0.2) is 19.7 Å². The van der Waals surface area contributed by atoms with E-state index in [0.717, 1.165) is 10.7 Å². The van der Waals surface area contributed by atoms with E-state index < -0.39 is 11.9 Å². The average molecular weight is 349 g/mol. The fourth-order valence-corrected chi connectivity index (χ4v) is 1.83. The van der Waals surface area contributed by atoms with E-state index in [9.17, 15) is 13.2 Å². The monoisotopic (exact) mass is 348 g/mol. The van der Waals surface area contributed by atoms with E-state index >= 15 is 0 Å². The van der Waals surface area contributed by atoms with Gasteiger partial charge in [0.2, 0.25) is 0 Å². The zero-order chi connectivity index (χ0) is 15.1. The average Bonchev–Trinajstić information content (AvgIpc) is 2.75. The fourth-order valence-electron chi connectivity index (χ4n) is 1.46. The van der Waals surface area contributed by atoms with Crippen LogP contribution < -0.4 is 0 Å². The molecular formula is C12H12BrF3N4. The molecule has 0 aromatic carbocycles. The molecule has 0 aliphatic rings.